The summed E-state index contributed by atoms with van der Waals surface area (Å²) in [6, 6.07) is 12.2. The van der Waals surface area contributed by atoms with E-state index in [2.05, 4.69) is 32.0 Å². The molecule has 244 valence electrons. The summed E-state index contributed by atoms with van der Waals surface area (Å²) in [6.07, 6.45) is 3.79. The van der Waals surface area contributed by atoms with Gasteiger partial charge in [0.15, 0.2) is 6.10 Å². The number of para-hydroxylation sites is 2. The Bertz CT molecular complexity index is 1750. The molecule has 46 heavy (non-hydrogen) atoms. The van der Waals surface area contributed by atoms with Crippen LogP contribution < -0.4 is 5.69 Å². The third kappa shape index (κ3) is 6.15. The molecule has 0 spiro atoms. The lowest BCUT2D eigenvalue weighted by molar-refractivity contribution is -0.142. The number of piperazine rings is 1. The number of aryl methyl sites for hydroxylation is 1. The van der Waals surface area contributed by atoms with E-state index in [0.717, 1.165) is 72.1 Å². The number of carbonyl (C=O) groups excluding carboxylic acids is 2. The van der Waals surface area contributed by atoms with E-state index in [9.17, 15) is 14.4 Å². The van der Waals surface area contributed by atoms with E-state index in [0.29, 0.717) is 51.5 Å². The zero-order valence-corrected chi connectivity index (χ0v) is 26.8. The van der Waals surface area contributed by atoms with Gasteiger partial charge >= 0.3 is 11.8 Å². The molecule has 3 aliphatic heterocycles. The molecule has 3 saturated heterocycles. The van der Waals surface area contributed by atoms with E-state index in [1.165, 1.54) is 0 Å². The Morgan fingerprint density at radius 2 is 1.63 bits per heavy atom. The van der Waals surface area contributed by atoms with Crippen LogP contribution in [0.15, 0.2) is 47.4 Å². The number of rotatable bonds is 6. The molecule has 1 atom stereocenters. The van der Waals surface area contributed by atoms with E-state index in [4.69, 9.17) is 4.74 Å². The lowest BCUT2D eigenvalue weighted by atomic mass is 9.99. The van der Waals surface area contributed by atoms with Gasteiger partial charge in [-0.1, -0.05) is 18.2 Å². The first-order chi connectivity index (χ1) is 22.3. The molecule has 3 aliphatic rings. The van der Waals surface area contributed by atoms with Gasteiger partial charge in [0.2, 0.25) is 0 Å². The van der Waals surface area contributed by atoms with Crippen LogP contribution in [0.25, 0.3) is 21.9 Å². The summed E-state index contributed by atoms with van der Waals surface area (Å²) >= 11 is 0. The highest BCUT2D eigenvalue weighted by Gasteiger charge is 2.35. The standard InChI is InChI=1S/C34H44N8O4/c1-23-19-24(20-25-22-35-37-31(23)25)21-30(32(43)40-11-7-26(8-12-40)39-17-15-38(2)16-18-39)46-34(45)41-13-9-27(10-14-41)42-29-6-4-3-5-28(29)36-33(42)44/h3-6,19-20,22,26-27,30H,7-18,21H2,1-2H3,(H,35,37)(H,36,44)/t30-/m1/s1. The van der Waals surface area contributed by atoms with Crippen LogP contribution in [0.1, 0.15) is 42.9 Å². The fourth-order valence-corrected chi connectivity index (χ4v) is 7.61. The number of ether oxygens (including phenoxy) is 1. The molecule has 3 fully saturated rings. The molecular formula is C34H44N8O4. The van der Waals surface area contributed by atoms with Gasteiger partial charge in [-0.3, -0.25) is 19.4 Å². The molecule has 12 heteroatoms. The Kier molecular flexibility index (Phi) is 8.56. The number of hydrogen-bond donors (Lipinski definition) is 2. The van der Waals surface area contributed by atoms with Gasteiger partial charge in [-0.25, -0.2) is 9.59 Å². The molecule has 5 heterocycles. The van der Waals surface area contributed by atoms with Crippen LogP contribution in [0.3, 0.4) is 0 Å². The summed E-state index contributed by atoms with van der Waals surface area (Å²) in [4.78, 5) is 51.9. The van der Waals surface area contributed by atoms with Crippen LogP contribution in [0.2, 0.25) is 0 Å². The molecule has 0 saturated carbocycles. The van der Waals surface area contributed by atoms with Crippen LogP contribution in [0, 0.1) is 6.92 Å². The third-order valence-corrected chi connectivity index (χ3v) is 10.3. The second-order valence-electron chi connectivity index (χ2n) is 13.3. The number of aromatic amines is 2. The van der Waals surface area contributed by atoms with Crippen LogP contribution in [0.4, 0.5) is 4.79 Å². The minimum atomic E-state index is -0.926. The fourth-order valence-electron chi connectivity index (χ4n) is 7.61. The molecular weight excluding hydrogens is 584 g/mol. The number of piperidine rings is 2. The number of carbonyl (C=O) groups is 2. The summed E-state index contributed by atoms with van der Waals surface area (Å²) in [5.41, 5.74) is 4.49. The van der Waals surface area contributed by atoms with Crippen molar-refractivity contribution in [1.82, 2.24) is 39.3 Å². The minimum Gasteiger partial charge on any atom is -0.436 e. The number of aromatic nitrogens is 4. The first-order valence-corrected chi connectivity index (χ1v) is 16.6. The third-order valence-electron chi connectivity index (χ3n) is 10.3. The summed E-state index contributed by atoms with van der Waals surface area (Å²) in [6.45, 7) is 8.52. The number of nitrogens with zero attached hydrogens (tertiary/aromatic N) is 6. The summed E-state index contributed by atoms with van der Waals surface area (Å²) < 4.78 is 7.91. The molecule has 0 unspecified atom stereocenters. The van der Waals surface area contributed by atoms with E-state index in [1.54, 1.807) is 11.1 Å². The SMILES string of the molecule is Cc1cc(C[C@@H](OC(=O)N2CCC(n3c(=O)[nH]c4ccccc43)CC2)C(=O)N2CCC(N3CCN(C)CC3)CC2)cc2cn[nH]c12. The maximum atomic E-state index is 14.1. The van der Waals surface area contributed by atoms with Crippen molar-refractivity contribution in [3.05, 3.63) is 64.2 Å². The first-order valence-electron chi connectivity index (χ1n) is 16.6. The highest BCUT2D eigenvalue weighted by molar-refractivity contribution is 5.85. The van der Waals surface area contributed by atoms with Crippen molar-refractivity contribution in [2.45, 2.75) is 57.2 Å². The van der Waals surface area contributed by atoms with Crippen LogP contribution in [-0.4, -0.2) is 123 Å². The second kappa shape index (κ2) is 12.9. The molecule has 2 aromatic heterocycles. The Morgan fingerprint density at radius 3 is 2.39 bits per heavy atom. The molecule has 12 nitrogen and oxygen atoms in total. The Morgan fingerprint density at radius 1 is 0.935 bits per heavy atom. The zero-order valence-electron chi connectivity index (χ0n) is 26.8. The minimum absolute atomic E-state index is 0.0172. The Balaban J connectivity index is 1.03. The predicted octanol–water partition coefficient (Wildman–Crippen LogP) is 3.14. The van der Waals surface area contributed by atoms with Crippen molar-refractivity contribution in [3.8, 4) is 0 Å². The molecule has 0 radical (unpaired) electrons. The van der Waals surface area contributed by atoms with Gasteiger partial charge in [0, 0.05) is 76.2 Å². The van der Waals surface area contributed by atoms with Crippen molar-refractivity contribution < 1.29 is 14.3 Å². The van der Waals surface area contributed by atoms with Crippen molar-refractivity contribution in [1.29, 1.82) is 0 Å². The second-order valence-corrected chi connectivity index (χ2v) is 13.3. The van der Waals surface area contributed by atoms with Crippen molar-refractivity contribution >= 4 is 33.9 Å². The van der Waals surface area contributed by atoms with Gasteiger partial charge < -0.3 is 24.4 Å². The van der Waals surface area contributed by atoms with E-state index in [1.807, 2.05) is 52.8 Å². The van der Waals surface area contributed by atoms with Gasteiger partial charge in [-0.05, 0) is 69.0 Å². The number of imidazole rings is 1. The van der Waals surface area contributed by atoms with Crippen LogP contribution in [0.5, 0.6) is 0 Å². The topological polar surface area (TPSA) is 123 Å². The molecule has 4 aromatic rings. The maximum absolute atomic E-state index is 14.1. The average molecular weight is 629 g/mol. The number of H-pyrrole nitrogens is 2. The molecule has 7 rings (SSSR count). The number of likely N-dealkylation sites (tertiary alicyclic amines) is 2. The number of likely N-dealkylation sites (N-methyl/N-ethyl adjacent to an activating group) is 1. The summed E-state index contributed by atoms with van der Waals surface area (Å²) in [5, 5.41) is 8.17. The van der Waals surface area contributed by atoms with Crippen molar-refractivity contribution in [2.75, 3.05) is 59.4 Å². The van der Waals surface area contributed by atoms with Gasteiger partial charge in [-0.15, -0.1) is 0 Å². The highest BCUT2D eigenvalue weighted by atomic mass is 16.6. The van der Waals surface area contributed by atoms with Crippen LogP contribution >= 0.6 is 0 Å². The molecule has 0 aliphatic carbocycles. The van der Waals surface area contributed by atoms with E-state index in [-0.39, 0.29) is 17.6 Å². The normalized spacial score (nSPS) is 20.0. The van der Waals surface area contributed by atoms with Gasteiger partial charge in [0.05, 0.1) is 22.7 Å². The highest BCUT2D eigenvalue weighted by Crippen LogP contribution is 2.27. The monoisotopic (exact) mass is 628 g/mol. The van der Waals surface area contributed by atoms with E-state index >= 15 is 0 Å². The first kappa shape index (κ1) is 30.5. The van der Waals surface area contributed by atoms with Gasteiger partial charge in [0.25, 0.3) is 5.91 Å². The van der Waals surface area contributed by atoms with Crippen molar-refractivity contribution in [2.24, 2.45) is 0 Å². The molecule has 0 bridgehead atoms. The number of benzene rings is 2. The summed E-state index contributed by atoms with van der Waals surface area (Å²) in [7, 11) is 2.17. The molecule has 2 amide bonds. The molecule has 2 N–H and O–H groups in total. The number of hydrogen-bond acceptors (Lipinski definition) is 7. The average Bonchev–Trinajstić information content (AvgIpc) is 3.68. The lowest BCUT2D eigenvalue weighted by Gasteiger charge is -2.42. The quantitative estimate of drug-likeness (QED) is 0.337. The Hall–Kier alpha value is -4.16. The molecule has 2 aromatic carbocycles. The van der Waals surface area contributed by atoms with Gasteiger partial charge in [-0.2, -0.15) is 5.10 Å². The number of fused-ring (bicyclic) bond motifs is 2. The summed E-state index contributed by atoms with van der Waals surface area (Å²) in [5.74, 6) is -0.129. The predicted molar refractivity (Wildman–Crippen MR) is 176 cm³/mol. The largest absolute Gasteiger partial charge is 0.436 e. The number of nitrogens with one attached hydrogen (secondary N) is 2. The van der Waals surface area contributed by atoms with Crippen LogP contribution in [-0.2, 0) is 16.0 Å². The smallest absolute Gasteiger partial charge is 0.410 e. The zero-order chi connectivity index (χ0) is 31.8. The van der Waals surface area contributed by atoms with Crippen molar-refractivity contribution in [3.63, 3.8) is 0 Å². The maximum Gasteiger partial charge on any atom is 0.410 e. The fraction of sp³-hybridized carbons (Fsp3) is 0.529. The Labute approximate surface area is 268 Å². The number of amides is 2. The lowest BCUT2D eigenvalue weighted by Crippen LogP contribution is -2.54. The van der Waals surface area contributed by atoms with Gasteiger partial charge in [0.1, 0.15) is 0 Å². The van der Waals surface area contributed by atoms with E-state index < -0.39 is 12.2 Å².